The molecule has 0 N–H and O–H groups in total. The zero-order valence-electron chi connectivity index (χ0n) is 19.2. The molecule has 2 aliphatic rings. The Kier molecular flexibility index (Phi) is 4.69. The van der Waals surface area contributed by atoms with E-state index in [4.69, 9.17) is 0 Å². The molecule has 2 aliphatic carbocycles. The van der Waals surface area contributed by atoms with Gasteiger partial charge in [0.15, 0.2) is 0 Å². The fourth-order valence-electron chi connectivity index (χ4n) is 6.04. The Morgan fingerprint density at radius 3 is 2.50 bits per heavy atom. The van der Waals surface area contributed by atoms with Crippen molar-refractivity contribution in [2.45, 2.75) is 45.2 Å². The van der Waals surface area contributed by atoms with Crippen molar-refractivity contribution in [1.29, 1.82) is 0 Å². The molecule has 0 fully saturated rings. The molecule has 0 heterocycles. The molecule has 0 spiro atoms. The van der Waals surface area contributed by atoms with Crippen LogP contribution in [0.5, 0.6) is 0 Å². The van der Waals surface area contributed by atoms with Crippen molar-refractivity contribution in [3.8, 4) is 11.1 Å². The second-order valence-corrected chi connectivity index (χ2v) is 12.1. The number of benzene rings is 4. The van der Waals surface area contributed by atoms with E-state index in [2.05, 4.69) is 98.9 Å². The van der Waals surface area contributed by atoms with Crippen LogP contribution in [0, 0.1) is 0 Å². The molecule has 4 aromatic rings. The van der Waals surface area contributed by atoms with Crippen molar-refractivity contribution in [1.82, 2.24) is 0 Å². The smallest absolute Gasteiger partial charge is 0.0671 e. The van der Waals surface area contributed by atoms with Crippen LogP contribution < -0.4 is 5.19 Å². The molecule has 1 unspecified atom stereocenters. The van der Waals surface area contributed by atoms with Crippen molar-refractivity contribution in [2.75, 3.05) is 0 Å². The summed E-state index contributed by atoms with van der Waals surface area (Å²) in [4.78, 5) is 0. The number of hydrogen-bond acceptors (Lipinski definition) is 0. The molecule has 0 nitrogen and oxygen atoms in total. The first kappa shape index (κ1) is 19.8. The summed E-state index contributed by atoms with van der Waals surface area (Å²) in [5, 5.41) is 4.37. The van der Waals surface area contributed by atoms with Crippen molar-refractivity contribution in [3.05, 3.63) is 106 Å². The van der Waals surface area contributed by atoms with Gasteiger partial charge in [0.25, 0.3) is 0 Å². The average Bonchev–Trinajstić information content (AvgIpc) is 3.37. The van der Waals surface area contributed by atoms with E-state index in [1.807, 2.05) is 0 Å². The maximum atomic E-state index is 2.54. The van der Waals surface area contributed by atoms with E-state index in [-0.39, 0.29) is 0 Å². The number of fused-ring (bicyclic) bond motifs is 6. The summed E-state index contributed by atoms with van der Waals surface area (Å²) in [5.41, 5.74) is 12.2. The summed E-state index contributed by atoms with van der Waals surface area (Å²) in [6.45, 7) is 7.23. The maximum Gasteiger partial charge on any atom is 0.0795 e. The van der Waals surface area contributed by atoms with Gasteiger partial charge in [-0.1, -0.05) is 116 Å². The number of hydrogen-bond donors (Lipinski definition) is 0. The predicted octanol–water partition coefficient (Wildman–Crippen LogP) is 7.70. The SMILES string of the molecule is CCCC1=Cc2c(ccc3ccccc23)C1c1c([Si](C)C)ccc2c1Cc1ccccc1-2. The molecule has 1 heteroatoms. The first-order valence-corrected chi connectivity index (χ1v) is 14.4. The summed E-state index contributed by atoms with van der Waals surface area (Å²) in [7, 11) is -0.595. The summed E-state index contributed by atoms with van der Waals surface area (Å²) in [6.07, 6.45) is 5.96. The zero-order chi connectivity index (χ0) is 21.8. The van der Waals surface area contributed by atoms with E-state index in [1.54, 1.807) is 21.9 Å². The van der Waals surface area contributed by atoms with Crippen LogP contribution >= 0.6 is 0 Å². The lowest BCUT2D eigenvalue weighted by atomic mass is 9.82. The van der Waals surface area contributed by atoms with Crippen molar-refractivity contribution < 1.29 is 0 Å². The highest BCUT2D eigenvalue weighted by Crippen LogP contribution is 2.49. The van der Waals surface area contributed by atoms with Gasteiger partial charge >= 0.3 is 0 Å². The van der Waals surface area contributed by atoms with Crippen molar-refractivity contribution in [2.24, 2.45) is 0 Å². The van der Waals surface area contributed by atoms with Crippen LogP contribution in [0.2, 0.25) is 13.1 Å². The number of rotatable bonds is 4. The van der Waals surface area contributed by atoms with Crippen LogP contribution in [0.15, 0.2) is 78.4 Å². The molecule has 1 atom stereocenters. The van der Waals surface area contributed by atoms with Crippen LogP contribution in [0.3, 0.4) is 0 Å². The first-order chi connectivity index (χ1) is 15.7. The fourth-order valence-corrected chi connectivity index (χ4v) is 7.29. The summed E-state index contributed by atoms with van der Waals surface area (Å²) < 4.78 is 0. The lowest BCUT2D eigenvalue weighted by molar-refractivity contribution is 0.827. The third-order valence-electron chi connectivity index (χ3n) is 7.41. The molecule has 157 valence electrons. The van der Waals surface area contributed by atoms with Crippen molar-refractivity contribution in [3.63, 3.8) is 0 Å². The minimum Gasteiger partial charge on any atom is -0.0671 e. The summed E-state index contributed by atoms with van der Waals surface area (Å²) in [6, 6.07) is 27.5. The van der Waals surface area contributed by atoms with Crippen LogP contribution in [0.25, 0.3) is 28.0 Å². The minimum absolute atomic E-state index is 0.397. The average molecular weight is 430 g/mol. The van der Waals surface area contributed by atoms with Gasteiger partial charge in [-0.25, -0.2) is 0 Å². The Labute approximate surface area is 193 Å². The van der Waals surface area contributed by atoms with Gasteiger partial charge in [0.2, 0.25) is 0 Å². The topological polar surface area (TPSA) is 0 Å². The Balaban J connectivity index is 1.64. The van der Waals surface area contributed by atoms with Gasteiger partial charge in [0.05, 0.1) is 8.80 Å². The molecule has 0 saturated heterocycles. The fraction of sp³-hybridized carbons (Fsp3) is 0.226. The molecular weight excluding hydrogens is 400 g/mol. The van der Waals surface area contributed by atoms with Crippen LogP contribution in [-0.4, -0.2) is 8.80 Å². The molecular formula is C31H29Si. The van der Waals surface area contributed by atoms with Crippen LogP contribution in [0.1, 0.15) is 53.5 Å². The molecule has 1 radical (unpaired) electrons. The lowest BCUT2D eigenvalue weighted by Crippen LogP contribution is -2.30. The summed E-state index contributed by atoms with van der Waals surface area (Å²) in [5.74, 6) is 0.397. The van der Waals surface area contributed by atoms with Gasteiger partial charge < -0.3 is 0 Å². The molecule has 0 saturated carbocycles. The molecule has 0 bridgehead atoms. The molecule has 32 heavy (non-hydrogen) atoms. The highest BCUT2D eigenvalue weighted by Gasteiger charge is 2.34. The first-order valence-electron chi connectivity index (χ1n) is 11.9. The van der Waals surface area contributed by atoms with E-state index in [1.165, 1.54) is 51.4 Å². The minimum atomic E-state index is -0.595. The van der Waals surface area contributed by atoms with Crippen LogP contribution in [0.4, 0.5) is 0 Å². The molecule has 0 amide bonds. The quantitative estimate of drug-likeness (QED) is 0.257. The molecule has 6 rings (SSSR count). The van der Waals surface area contributed by atoms with Gasteiger partial charge in [-0.3, -0.25) is 0 Å². The lowest BCUT2D eigenvalue weighted by Gasteiger charge is -2.26. The van der Waals surface area contributed by atoms with Gasteiger partial charge in [-0.2, -0.15) is 0 Å². The largest absolute Gasteiger partial charge is 0.0795 e. The normalized spacial score (nSPS) is 16.2. The monoisotopic (exact) mass is 429 g/mol. The second kappa shape index (κ2) is 7.60. The third-order valence-corrected chi connectivity index (χ3v) is 8.93. The standard InChI is InChI=1S/C31H29Si/c1-4-9-22-19-27-23-12-7-5-10-20(23)14-15-26(27)30(22)31-28-18-21-11-6-8-13-24(21)25(28)16-17-29(31)32(2)3/h5-8,10-17,19,30H,4,9,18H2,1-3H3. The predicted molar refractivity (Wildman–Crippen MR) is 140 cm³/mol. The van der Waals surface area contributed by atoms with Gasteiger partial charge in [0.1, 0.15) is 0 Å². The molecule has 4 aromatic carbocycles. The Morgan fingerprint density at radius 1 is 0.844 bits per heavy atom. The van der Waals surface area contributed by atoms with E-state index >= 15 is 0 Å². The highest BCUT2D eigenvalue weighted by atomic mass is 28.3. The van der Waals surface area contributed by atoms with E-state index in [9.17, 15) is 0 Å². The molecule has 0 aliphatic heterocycles. The Bertz CT molecular complexity index is 1390. The summed E-state index contributed by atoms with van der Waals surface area (Å²) >= 11 is 0. The Hall–Kier alpha value is -2.90. The van der Waals surface area contributed by atoms with E-state index in [0.717, 1.165) is 6.42 Å². The zero-order valence-corrected chi connectivity index (χ0v) is 20.2. The van der Waals surface area contributed by atoms with E-state index in [0.29, 0.717) is 5.92 Å². The highest BCUT2D eigenvalue weighted by molar-refractivity contribution is 6.71. The van der Waals surface area contributed by atoms with Crippen LogP contribution in [-0.2, 0) is 6.42 Å². The second-order valence-electron chi connectivity index (χ2n) is 9.58. The third kappa shape index (κ3) is 2.88. The number of allylic oxidation sites excluding steroid dienone is 1. The van der Waals surface area contributed by atoms with Gasteiger partial charge in [-0.15, -0.1) is 0 Å². The Morgan fingerprint density at radius 2 is 1.66 bits per heavy atom. The molecule has 0 aromatic heterocycles. The maximum absolute atomic E-state index is 2.54. The van der Waals surface area contributed by atoms with Crippen molar-refractivity contribution >= 4 is 30.8 Å². The van der Waals surface area contributed by atoms with Gasteiger partial charge in [-0.05, 0) is 62.6 Å². The van der Waals surface area contributed by atoms with E-state index < -0.39 is 8.80 Å². The van der Waals surface area contributed by atoms with Gasteiger partial charge in [0, 0.05) is 5.92 Å².